The fourth-order valence-electron chi connectivity index (χ4n) is 1.97. The number of carbonyl (C=O) groups is 1. The third-order valence-electron chi connectivity index (χ3n) is 2.74. The van der Waals surface area contributed by atoms with E-state index in [-0.39, 0.29) is 0 Å². The molecule has 3 heteroatoms. The van der Waals surface area contributed by atoms with E-state index in [1.807, 2.05) is 22.9 Å². The van der Waals surface area contributed by atoms with Crippen molar-refractivity contribution in [3.8, 4) is 12.3 Å². The summed E-state index contributed by atoms with van der Waals surface area (Å²) in [6.07, 6.45) is 8.67. The summed E-state index contributed by atoms with van der Waals surface area (Å²) < 4.78 is 1.95. The van der Waals surface area contributed by atoms with Gasteiger partial charge in [0.25, 0.3) is 0 Å². The summed E-state index contributed by atoms with van der Waals surface area (Å²) in [6.45, 7) is 0.748. The van der Waals surface area contributed by atoms with Crippen LogP contribution in [0.3, 0.4) is 0 Å². The Morgan fingerprint density at radius 3 is 2.94 bits per heavy atom. The molecule has 0 aliphatic rings. The predicted molar refractivity (Wildman–Crippen MR) is 67.0 cm³/mol. The lowest BCUT2D eigenvalue weighted by Gasteiger charge is -2.06. The van der Waals surface area contributed by atoms with Gasteiger partial charge >= 0.3 is 5.97 Å². The lowest BCUT2D eigenvalue weighted by Crippen LogP contribution is -2.03. The van der Waals surface area contributed by atoms with Crippen LogP contribution in [0, 0.1) is 12.3 Å². The Morgan fingerprint density at radius 1 is 1.41 bits per heavy atom. The fraction of sp³-hybridized carbons (Fsp3) is 0.214. The van der Waals surface area contributed by atoms with Crippen molar-refractivity contribution in [3.63, 3.8) is 0 Å². The van der Waals surface area contributed by atoms with Crippen molar-refractivity contribution >= 4 is 16.9 Å². The zero-order chi connectivity index (χ0) is 12.3. The number of carboxylic acids is 1. The van der Waals surface area contributed by atoms with E-state index in [0.717, 1.165) is 23.9 Å². The smallest absolute Gasteiger partial charge is 0.337 e. The quantitative estimate of drug-likeness (QED) is 0.644. The molecule has 0 saturated heterocycles. The summed E-state index contributed by atoms with van der Waals surface area (Å²) in [5, 5.41) is 10.1. The number of rotatable bonds is 4. The van der Waals surface area contributed by atoms with Crippen LogP contribution in [0.5, 0.6) is 0 Å². The number of aryl methyl sites for hydroxylation is 1. The van der Waals surface area contributed by atoms with Crippen LogP contribution in [-0.2, 0) is 6.54 Å². The molecule has 3 nitrogen and oxygen atoms in total. The van der Waals surface area contributed by atoms with E-state index in [4.69, 9.17) is 11.5 Å². The number of aromatic carboxylic acids is 1. The lowest BCUT2D eigenvalue weighted by atomic mass is 10.1. The van der Waals surface area contributed by atoms with Crippen molar-refractivity contribution in [2.24, 2.45) is 0 Å². The summed E-state index contributed by atoms with van der Waals surface area (Å²) in [5.74, 6) is 1.69. The number of unbranched alkanes of at least 4 members (excludes halogenated alkanes) is 1. The van der Waals surface area contributed by atoms with Crippen molar-refractivity contribution in [1.29, 1.82) is 0 Å². The molecule has 1 aromatic carbocycles. The van der Waals surface area contributed by atoms with Crippen LogP contribution in [0.15, 0.2) is 30.5 Å². The number of benzene rings is 1. The minimum absolute atomic E-state index is 0.341. The summed E-state index contributed by atoms with van der Waals surface area (Å²) in [5.41, 5.74) is 1.12. The monoisotopic (exact) mass is 227 g/mol. The topological polar surface area (TPSA) is 42.2 Å². The summed E-state index contributed by atoms with van der Waals surface area (Å²) in [7, 11) is 0. The van der Waals surface area contributed by atoms with Crippen molar-refractivity contribution in [1.82, 2.24) is 4.57 Å². The first-order valence-corrected chi connectivity index (χ1v) is 5.48. The Bertz CT molecular complexity index is 590. The molecule has 1 N–H and O–H groups in total. The van der Waals surface area contributed by atoms with Crippen LogP contribution in [0.2, 0.25) is 0 Å². The molecule has 0 fully saturated rings. The summed E-state index contributed by atoms with van der Waals surface area (Å²) in [6, 6.07) is 7.23. The molecular weight excluding hydrogens is 214 g/mol. The molecule has 17 heavy (non-hydrogen) atoms. The lowest BCUT2D eigenvalue weighted by molar-refractivity contribution is 0.0698. The van der Waals surface area contributed by atoms with Crippen LogP contribution in [-0.4, -0.2) is 15.6 Å². The van der Waals surface area contributed by atoms with Crippen LogP contribution >= 0.6 is 0 Å². The molecule has 0 saturated carbocycles. The van der Waals surface area contributed by atoms with Gasteiger partial charge in [-0.1, -0.05) is 12.1 Å². The minimum Gasteiger partial charge on any atom is -0.478 e. The summed E-state index contributed by atoms with van der Waals surface area (Å²) >= 11 is 0. The molecule has 86 valence electrons. The predicted octanol–water partition coefficient (Wildman–Crippen LogP) is 2.75. The molecule has 2 rings (SSSR count). The van der Waals surface area contributed by atoms with E-state index >= 15 is 0 Å². The average molecular weight is 227 g/mol. The number of hydrogen-bond acceptors (Lipinski definition) is 1. The second-order valence-electron chi connectivity index (χ2n) is 3.87. The minimum atomic E-state index is -0.896. The Labute approximate surface area is 99.7 Å². The highest BCUT2D eigenvalue weighted by Crippen LogP contribution is 2.20. The average Bonchev–Trinajstić information content (AvgIpc) is 2.73. The van der Waals surface area contributed by atoms with Gasteiger partial charge in [0.2, 0.25) is 0 Å². The Balaban J connectivity index is 2.43. The number of carboxylic acid groups (broad SMARTS) is 1. The molecule has 1 heterocycles. The highest BCUT2D eigenvalue weighted by Gasteiger charge is 2.11. The number of aromatic nitrogens is 1. The van der Waals surface area contributed by atoms with Gasteiger partial charge in [-0.25, -0.2) is 4.79 Å². The van der Waals surface area contributed by atoms with Gasteiger partial charge in [-0.3, -0.25) is 0 Å². The highest BCUT2D eigenvalue weighted by molar-refractivity contribution is 6.02. The molecular formula is C14H13NO2. The maximum absolute atomic E-state index is 11.1. The van der Waals surface area contributed by atoms with Gasteiger partial charge in [0.1, 0.15) is 0 Å². The van der Waals surface area contributed by atoms with Crippen molar-refractivity contribution < 1.29 is 9.90 Å². The Hall–Kier alpha value is -2.21. The van der Waals surface area contributed by atoms with Gasteiger partial charge in [0.15, 0.2) is 0 Å². The van der Waals surface area contributed by atoms with Crippen molar-refractivity contribution in [2.75, 3.05) is 0 Å². The van der Waals surface area contributed by atoms with Crippen LogP contribution in [0.25, 0.3) is 10.9 Å². The largest absolute Gasteiger partial charge is 0.478 e. The Morgan fingerprint density at radius 2 is 2.24 bits per heavy atom. The molecule has 0 radical (unpaired) electrons. The van der Waals surface area contributed by atoms with E-state index in [9.17, 15) is 4.79 Å². The van der Waals surface area contributed by atoms with E-state index in [2.05, 4.69) is 5.92 Å². The van der Waals surface area contributed by atoms with E-state index in [1.54, 1.807) is 12.1 Å². The van der Waals surface area contributed by atoms with Gasteiger partial charge < -0.3 is 9.67 Å². The SMILES string of the molecule is C#CCCCn1ccc2cccc(C(=O)O)c21. The highest BCUT2D eigenvalue weighted by atomic mass is 16.4. The number of terminal acetylenes is 1. The zero-order valence-electron chi connectivity index (χ0n) is 9.39. The first-order valence-electron chi connectivity index (χ1n) is 5.48. The van der Waals surface area contributed by atoms with Crippen molar-refractivity contribution in [2.45, 2.75) is 19.4 Å². The normalized spacial score (nSPS) is 10.3. The molecule has 0 bridgehead atoms. The number of nitrogens with zero attached hydrogens (tertiary/aromatic N) is 1. The first-order chi connectivity index (χ1) is 8.24. The molecule has 0 spiro atoms. The summed E-state index contributed by atoms with van der Waals surface area (Å²) in [4.78, 5) is 11.1. The van der Waals surface area contributed by atoms with Gasteiger partial charge in [-0.15, -0.1) is 12.3 Å². The van der Waals surface area contributed by atoms with Crippen LogP contribution < -0.4 is 0 Å². The van der Waals surface area contributed by atoms with Crippen LogP contribution in [0.4, 0.5) is 0 Å². The standard InChI is InChI=1S/C14H13NO2/c1-2-3-4-9-15-10-8-11-6-5-7-12(13(11)15)14(16)17/h1,5-8,10H,3-4,9H2,(H,16,17). The third-order valence-corrected chi connectivity index (χ3v) is 2.74. The van der Waals surface area contributed by atoms with Gasteiger partial charge in [-0.2, -0.15) is 0 Å². The molecule has 2 aromatic rings. The van der Waals surface area contributed by atoms with Gasteiger partial charge in [-0.05, 0) is 18.6 Å². The maximum atomic E-state index is 11.1. The molecule has 0 aliphatic carbocycles. The third kappa shape index (κ3) is 2.16. The maximum Gasteiger partial charge on any atom is 0.337 e. The second-order valence-corrected chi connectivity index (χ2v) is 3.87. The van der Waals surface area contributed by atoms with Gasteiger partial charge in [0, 0.05) is 24.5 Å². The van der Waals surface area contributed by atoms with Crippen LogP contribution in [0.1, 0.15) is 23.2 Å². The van der Waals surface area contributed by atoms with E-state index in [1.165, 1.54) is 0 Å². The zero-order valence-corrected chi connectivity index (χ0v) is 9.39. The molecule has 0 unspecified atom stereocenters. The number of para-hydroxylation sites is 1. The molecule has 0 atom stereocenters. The number of hydrogen-bond donors (Lipinski definition) is 1. The molecule has 0 amide bonds. The molecule has 1 aromatic heterocycles. The van der Waals surface area contributed by atoms with E-state index < -0.39 is 5.97 Å². The van der Waals surface area contributed by atoms with Gasteiger partial charge in [0.05, 0.1) is 11.1 Å². The second kappa shape index (κ2) is 4.75. The molecule has 0 aliphatic heterocycles. The first kappa shape index (κ1) is 11.3. The fourth-order valence-corrected chi connectivity index (χ4v) is 1.97. The number of fused-ring (bicyclic) bond motifs is 1. The van der Waals surface area contributed by atoms with Crippen molar-refractivity contribution in [3.05, 3.63) is 36.0 Å². The van der Waals surface area contributed by atoms with E-state index in [0.29, 0.717) is 12.0 Å². The Kier molecular flexibility index (Phi) is 3.15.